The number of H-pyrrole nitrogens is 1. The number of halogens is 2. The van der Waals surface area contributed by atoms with Gasteiger partial charge in [0.2, 0.25) is 6.43 Å². The fourth-order valence-corrected chi connectivity index (χ4v) is 5.58. The summed E-state index contributed by atoms with van der Waals surface area (Å²) in [6.07, 6.45) is -8.21. The Morgan fingerprint density at radius 3 is 2.26 bits per heavy atom. The Labute approximate surface area is 169 Å². The predicted molar refractivity (Wildman–Crippen MR) is 90.6 cm³/mol. The number of aromatic amines is 1. The van der Waals surface area contributed by atoms with Crippen LogP contribution in [0.15, 0.2) is 21.9 Å². The largest absolute Gasteiger partial charge is 0.490 e. The minimum absolute atomic E-state index is 0.562. The molecular weight excluding hydrogens is 503 g/mol. The number of hydrogen-bond acceptors (Lipinski definition) is 10. The molecule has 1 saturated heterocycles. The molecule has 178 valence electrons. The van der Waals surface area contributed by atoms with E-state index in [-0.39, 0.29) is 0 Å². The first-order valence-corrected chi connectivity index (χ1v) is 12.2. The molecule has 6 N–H and O–H groups in total. The van der Waals surface area contributed by atoms with Crippen LogP contribution in [-0.2, 0) is 31.6 Å². The van der Waals surface area contributed by atoms with Crippen LogP contribution in [0.1, 0.15) is 6.23 Å². The van der Waals surface area contributed by atoms with Gasteiger partial charge in [-0.15, -0.1) is 0 Å². The summed E-state index contributed by atoms with van der Waals surface area (Å²) < 4.78 is 77.1. The Morgan fingerprint density at radius 1 is 1.13 bits per heavy atom. The smallest absolute Gasteiger partial charge is 0.388 e. The molecule has 1 aliphatic rings. The third-order valence-electron chi connectivity index (χ3n) is 3.66. The molecule has 0 amide bonds. The molecule has 0 aromatic carbocycles. The number of ether oxygens (including phenoxy) is 1. The van der Waals surface area contributed by atoms with E-state index in [0.717, 1.165) is 12.3 Å². The first kappa shape index (κ1) is 26.1. The number of aromatic nitrogens is 2. The molecule has 0 radical (unpaired) electrons. The minimum Gasteiger partial charge on any atom is -0.388 e. The van der Waals surface area contributed by atoms with Crippen LogP contribution in [0, 0.1) is 5.92 Å². The molecule has 1 aromatic heterocycles. The summed E-state index contributed by atoms with van der Waals surface area (Å²) in [4.78, 5) is 60.0. The standard InChI is InChI=1S/C10H15F2N2O14P3/c11-8(12)6-4(3-25-30(21,22)28-31(23,24)27-29(18,19)20)26-9(7(6)16)14-2-1-5(15)13-10(14)17/h1-2,4,6-9,16H,3H2,(H,21,22)(H,23,24)(H,13,15,17)(H2,18,19,20)/t4?,6-,7-,9-/m1/s1. The van der Waals surface area contributed by atoms with Gasteiger partial charge in [-0.2, -0.15) is 8.62 Å². The number of nitrogens with one attached hydrogen (secondary N) is 1. The van der Waals surface area contributed by atoms with Crippen molar-refractivity contribution in [2.75, 3.05) is 6.61 Å². The van der Waals surface area contributed by atoms with Crippen molar-refractivity contribution in [3.8, 4) is 0 Å². The number of alkyl halides is 2. The molecule has 31 heavy (non-hydrogen) atoms. The average molecular weight is 518 g/mol. The highest BCUT2D eigenvalue weighted by Crippen LogP contribution is 2.66. The third-order valence-corrected chi connectivity index (χ3v) is 7.47. The number of nitrogens with zero attached hydrogens (tertiary/aromatic N) is 1. The second-order valence-corrected chi connectivity index (χ2v) is 10.3. The van der Waals surface area contributed by atoms with Crippen molar-refractivity contribution < 1.29 is 65.0 Å². The summed E-state index contributed by atoms with van der Waals surface area (Å²) in [5, 5.41) is 10.1. The van der Waals surface area contributed by atoms with Gasteiger partial charge in [-0.3, -0.25) is 18.9 Å². The zero-order chi connectivity index (χ0) is 23.8. The van der Waals surface area contributed by atoms with E-state index in [1.807, 2.05) is 0 Å². The highest BCUT2D eigenvalue weighted by molar-refractivity contribution is 7.66. The Balaban J connectivity index is 2.16. The molecule has 2 rings (SSSR count). The number of aliphatic hydroxyl groups is 1. The maximum absolute atomic E-state index is 13.4. The summed E-state index contributed by atoms with van der Waals surface area (Å²) in [6.45, 7) is -1.27. The summed E-state index contributed by atoms with van der Waals surface area (Å²) >= 11 is 0. The van der Waals surface area contributed by atoms with Crippen molar-refractivity contribution in [1.82, 2.24) is 9.55 Å². The number of aliphatic hydroxyl groups excluding tert-OH is 1. The molecule has 3 unspecified atom stereocenters. The van der Waals surface area contributed by atoms with Gasteiger partial charge in [0.05, 0.1) is 18.6 Å². The average Bonchev–Trinajstić information content (AvgIpc) is 2.86. The molecule has 1 fully saturated rings. The van der Waals surface area contributed by atoms with Gasteiger partial charge in [0.25, 0.3) is 5.56 Å². The first-order chi connectivity index (χ1) is 14.0. The normalized spacial score (nSPS) is 28.4. The van der Waals surface area contributed by atoms with Crippen LogP contribution < -0.4 is 11.2 Å². The van der Waals surface area contributed by atoms with Crippen LogP contribution in [0.2, 0.25) is 0 Å². The summed E-state index contributed by atoms with van der Waals surface area (Å²) in [5.41, 5.74) is -1.96. The quantitative estimate of drug-likeness (QED) is 0.215. The topological polar surface area (TPSA) is 244 Å². The Kier molecular flexibility index (Phi) is 7.91. The van der Waals surface area contributed by atoms with Crippen molar-refractivity contribution in [2.24, 2.45) is 5.92 Å². The van der Waals surface area contributed by atoms with E-state index < -0.39 is 72.1 Å². The van der Waals surface area contributed by atoms with Crippen LogP contribution in [0.3, 0.4) is 0 Å². The van der Waals surface area contributed by atoms with Gasteiger partial charge < -0.3 is 29.4 Å². The van der Waals surface area contributed by atoms with Gasteiger partial charge in [0.1, 0.15) is 6.10 Å². The molecule has 1 aliphatic heterocycles. The number of hydrogen-bond donors (Lipinski definition) is 6. The van der Waals surface area contributed by atoms with E-state index in [9.17, 15) is 42.1 Å². The minimum atomic E-state index is -5.83. The number of rotatable bonds is 9. The Morgan fingerprint density at radius 2 is 1.74 bits per heavy atom. The van der Waals surface area contributed by atoms with Crippen LogP contribution in [0.4, 0.5) is 8.78 Å². The van der Waals surface area contributed by atoms with E-state index >= 15 is 0 Å². The summed E-state index contributed by atoms with van der Waals surface area (Å²) in [7, 11) is -17.1. The second-order valence-electron chi connectivity index (χ2n) is 5.87. The molecule has 16 nitrogen and oxygen atoms in total. The van der Waals surface area contributed by atoms with E-state index in [4.69, 9.17) is 19.4 Å². The highest BCUT2D eigenvalue weighted by Gasteiger charge is 2.51. The van der Waals surface area contributed by atoms with E-state index in [1.165, 1.54) is 0 Å². The number of phosphoric ester groups is 1. The van der Waals surface area contributed by atoms with Crippen molar-refractivity contribution in [3.05, 3.63) is 33.1 Å². The van der Waals surface area contributed by atoms with Crippen LogP contribution in [0.25, 0.3) is 0 Å². The maximum Gasteiger partial charge on any atom is 0.490 e. The van der Waals surface area contributed by atoms with Crippen LogP contribution in [-0.4, -0.2) is 59.5 Å². The van der Waals surface area contributed by atoms with Gasteiger partial charge in [-0.1, -0.05) is 0 Å². The summed E-state index contributed by atoms with van der Waals surface area (Å²) in [6, 6.07) is 0.828. The van der Waals surface area contributed by atoms with E-state index in [0.29, 0.717) is 4.57 Å². The monoisotopic (exact) mass is 518 g/mol. The van der Waals surface area contributed by atoms with Crippen molar-refractivity contribution in [1.29, 1.82) is 0 Å². The summed E-state index contributed by atoms with van der Waals surface area (Å²) in [5.74, 6) is -2.10. The predicted octanol–water partition coefficient (Wildman–Crippen LogP) is -0.981. The molecule has 0 bridgehead atoms. The van der Waals surface area contributed by atoms with Crippen molar-refractivity contribution in [3.63, 3.8) is 0 Å². The molecule has 2 heterocycles. The van der Waals surface area contributed by atoms with Gasteiger partial charge >= 0.3 is 29.2 Å². The van der Waals surface area contributed by atoms with Crippen LogP contribution >= 0.6 is 23.5 Å². The SMILES string of the molecule is O=c1ccn([C@@H]2OC(COP(=O)(O)OP(=O)(O)OP(=O)(O)O)[C@@H](C(F)F)[C@H]2O)c(=O)[nH]1. The van der Waals surface area contributed by atoms with E-state index in [1.54, 1.807) is 4.98 Å². The fraction of sp³-hybridized carbons (Fsp3) is 0.600. The van der Waals surface area contributed by atoms with Gasteiger partial charge in [0.15, 0.2) is 6.23 Å². The third kappa shape index (κ3) is 7.18. The lowest BCUT2D eigenvalue weighted by Gasteiger charge is -2.21. The lowest BCUT2D eigenvalue weighted by atomic mass is 9.99. The van der Waals surface area contributed by atoms with Crippen molar-refractivity contribution >= 4 is 23.5 Å². The fourth-order valence-electron chi connectivity index (χ4n) is 2.55. The molecule has 21 heteroatoms. The lowest BCUT2D eigenvalue weighted by molar-refractivity contribution is -0.0552. The molecule has 0 saturated carbocycles. The van der Waals surface area contributed by atoms with Gasteiger partial charge in [-0.05, 0) is 0 Å². The molecule has 0 aliphatic carbocycles. The lowest BCUT2D eigenvalue weighted by Crippen LogP contribution is -2.37. The molecular formula is C10H15F2N2O14P3. The highest BCUT2D eigenvalue weighted by atomic mass is 31.3. The molecule has 1 aromatic rings. The van der Waals surface area contributed by atoms with Gasteiger partial charge in [0, 0.05) is 12.3 Å². The number of phosphoric acid groups is 3. The van der Waals surface area contributed by atoms with Crippen molar-refractivity contribution in [2.45, 2.75) is 24.9 Å². The zero-order valence-electron chi connectivity index (χ0n) is 14.7. The van der Waals surface area contributed by atoms with Gasteiger partial charge in [-0.25, -0.2) is 27.3 Å². The first-order valence-electron chi connectivity index (χ1n) is 7.73. The second kappa shape index (κ2) is 9.39. The van der Waals surface area contributed by atoms with Crippen LogP contribution in [0.5, 0.6) is 0 Å². The zero-order valence-corrected chi connectivity index (χ0v) is 17.4. The van der Waals surface area contributed by atoms with E-state index in [2.05, 4.69) is 13.1 Å². The Bertz CT molecular complexity index is 1050. The molecule has 0 spiro atoms. The molecule has 6 atom stereocenters. The Hall–Kier alpha value is -1.13. The maximum atomic E-state index is 13.4.